The van der Waals surface area contributed by atoms with Gasteiger partial charge in [-0.2, -0.15) is 0 Å². The van der Waals surface area contributed by atoms with Gasteiger partial charge in [0.05, 0.1) is 40.6 Å². The first-order valence-electron chi connectivity index (χ1n) is 10.8. The monoisotopic (exact) mass is 473 g/mol. The zero-order valence-electron chi connectivity index (χ0n) is 20.0. The van der Waals surface area contributed by atoms with Crippen LogP contribution in [0.2, 0.25) is 0 Å². The molecule has 0 aliphatic rings. The molecule has 0 aliphatic heterocycles. The quantitative estimate of drug-likeness (QED) is 0.272. The molecule has 2 aromatic carbocycles. The number of thioether (sulfide) groups is 1. The fraction of sp³-hybridized carbons (Fsp3) is 0.417. The molecule has 0 fully saturated rings. The predicted octanol–water partition coefficient (Wildman–Crippen LogP) is 4.88. The standard InChI is InChI=1S/C24H31N3O5S/c1-7-31-19-10-8-18(9-11-19)27-23(25-26-24(27)33-13-12-32-16(2)3)17-14-20(28-4)22(30-6)21(15-17)29-5/h8-11,14-16H,7,12-13H2,1-6H3. The third-order valence-electron chi connectivity index (χ3n) is 4.73. The van der Waals surface area contributed by atoms with Gasteiger partial charge in [0.25, 0.3) is 0 Å². The summed E-state index contributed by atoms with van der Waals surface area (Å²) in [5.41, 5.74) is 1.70. The highest BCUT2D eigenvalue weighted by molar-refractivity contribution is 7.99. The topological polar surface area (TPSA) is 76.9 Å². The molecule has 3 rings (SSSR count). The Hall–Kier alpha value is -2.91. The van der Waals surface area contributed by atoms with Crippen molar-refractivity contribution in [1.29, 1.82) is 0 Å². The Balaban J connectivity index is 2.06. The summed E-state index contributed by atoms with van der Waals surface area (Å²) in [6.07, 6.45) is 0.185. The molecule has 0 unspecified atom stereocenters. The summed E-state index contributed by atoms with van der Waals surface area (Å²) in [5.74, 6) is 3.84. The molecule has 3 aromatic rings. The van der Waals surface area contributed by atoms with Gasteiger partial charge in [-0.1, -0.05) is 11.8 Å². The first-order chi connectivity index (χ1) is 16.0. The number of methoxy groups -OCH3 is 3. The Bertz CT molecular complexity index is 1010. The summed E-state index contributed by atoms with van der Waals surface area (Å²) in [5, 5.41) is 9.74. The lowest BCUT2D eigenvalue weighted by Crippen LogP contribution is -2.06. The summed E-state index contributed by atoms with van der Waals surface area (Å²) < 4.78 is 29.8. The van der Waals surface area contributed by atoms with Gasteiger partial charge >= 0.3 is 0 Å². The van der Waals surface area contributed by atoms with Crippen molar-refractivity contribution in [2.75, 3.05) is 40.3 Å². The maximum Gasteiger partial charge on any atom is 0.203 e. The minimum atomic E-state index is 0.185. The highest BCUT2D eigenvalue weighted by atomic mass is 32.2. The summed E-state index contributed by atoms with van der Waals surface area (Å²) in [6, 6.07) is 11.6. The largest absolute Gasteiger partial charge is 0.494 e. The van der Waals surface area contributed by atoms with Gasteiger partial charge in [-0.05, 0) is 57.2 Å². The van der Waals surface area contributed by atoms with Crippen LogP contribution in [-0.4, -0.2) is 61.2 Å². The van der Waals surface area contributed by atoms with Crippen molar-refractivity contribution in [3.05, 3.63) is 36.4 Å². The van der Waals surface area contributed by atoms with Crippen LogP contribution in [0, 0.1) is 0 Å². The minimum Gasteiger partial charge on any atom is -0.494 e. The van der Waals surface area contributed by atoms with Crippen LogP contribution < -0.4 is 18.9 Å². The Morgan fingerprint density at radius 3 is 2.15 bits per heavy atom. The van der Waals surface area contributed by atoms with Crippen LogP contribution in [-0.2, 0) is 4.74 Å². The van der Waals surface area contributed by atoms with Gasteiger partial charge in [0.2, 0.25) is 5.75 Å². The molecule has 0 radical (unpaired) electrons. The van der Waals surface area contributed by atoms with Gasteiger partial charge < -0.3 is 23.7 Å². The molecule has 8 nitrogen and oxygen atoms in total. The Labute approximate surface area is 199 Å². The molecule has 0 bridgehead atoms. The first-order valence-corrected chi connectivity index (χ1v) is 11.7. The van der Waals surface area contributed by atoms with Gasteiger partial charge in [0.15, 0.2) is 22.5 Å². The molecule has 9 heteroatoms. The number of hydrogen-bond acceptors (Lipinski definition) is 8. The van der Waals surface area contributed by atoms with Gasteiger partial charge in [0, 0.05) is 17.0 Å². The average molecular weight is 474 g/mol. The second kappa shape index (κ2) is 11.8. The SMILES string of the molecule is CCOc1ccc(-n2c(SCCOC(C)C)nnc2-c2cc(OC)c(OC)c(OC)c2)cc1. The highest BCUT2D eigenvalue weighted by Crippen LogP contribution is 2.41. The first kappa shape index (κ1) is 24.7. The van der Waals surface area contributed by atoms with Crippen LogP contribution in [0.15, 0.2) is 41.6 Å². The van der Waals surface area contributed by atoms with Crippen LogP contribution in [0.3, 0.4) is 0 Å². The van der Waals surface area contributed by atoms with Crippen molar-refractivity contribution >= 4 is 11.8 Å². The molecule has 178 valence electrons. The maximum absolute atomic E-state index is 5.69. The molecular formula is C24H31N3O5S. The number of nitrogens with zero attached hydrogens (tertiary/aromatic N) is 3. The lowest BCUT2D eigenvalue weighted by atomic mass is 10.1. The molecule has 0 spiro atoms. The Kier molecular flexibility index (Phi) is 8.85. The predicted molar refractivity (Wildman–Crippen MR) is 129 cm³/mol. The van der Waals surface area contributed by atoms with Crippen molar-refractivity contribution < 1.29 is 23.7 Å². The van der Waals surface area contributed by atoms with E-state index >= 15 is 0 Å². The molecule has 0 atom stereocenters. The number of benzene rings is 2. The molecule has 0 saturated heterocycles. The summed E-state index contributed by atoms with van der Waals surface area (Å²) in [7, 11) is 4.76. The number of ether oxygens (including phenoxy) is 5. The lowest BCUT2D eigenvalue weighted by Gasteiger charge is -2.15. The van der Waals surface area contributed by atoms with E-state index in [0.717, 1.165) is 27.9 Å². The summed E-state index contributed by atoms with van der Waals surface area (Å²) in [4.78, 5) is 0. The summed E-state index contributed by atoms with van der Waals surface area (Å²) in [6.45, 7) is 7.24. The summed E-state index contributed by atoms with van der Waals surface area (Å²) >= 11 is 1.59. The minimum absolute atomic E-state index is 0.185. The van der Waals surface area contributed by atoms with Crippen LogP contribution >= 0.6 is 11.8 Å². The van der Waals surface area contributed by atoms with Crippen molar-refractivity contribution in [2.45, 2.75) is 32.0 Å². The van der Waals surface area contributed by atoms with Gasteiger partial charge in [-0.3, -0.25) is 4.57 Å². The fourth-order valence-electron chi connectivity index (χ4n) is 3.27. The second-order valence-corrected chi connectivity index (χ2v) is 8.31. The van der Waals surface area contributed by atoms with Gasteiger partial charge in [-0.15, -0.1) is 10.2 Å². The Morgan fingerprint density at radius 2 is 1.61 bits per heavy atom. The van der Waals surface area contributed by atoms with Gasteiger partial charge in [-0.25, -0.2) is 0 Å². The van der Waals surface area contributed by atoms with E-state index in [-0.39, 0.29) is 6.10 Å². The van der Waals surface area contributed by atoms with Crippen LogP contribution in [0.1, 0.15) is 20.8 Å². The van der Waals surface area contributed by atoms with Crippen LogP contribution in [0.4, 0.5) is 0 Å². The number of aromatic nitrogens is 3. The van der Waals surface area contributed by atoms with Crippen molar-refractivity contribution in [3.63, 3.8) is 0 Å². The van der Waals surface area contributed by atoms with E-state index in [1.165, 1.54) is 0 Å². The van der Waals surface area contributed by atoms with E-state index < -0.39 is 0 Å². The second-order valence-electron chi connectivity index (χ2n) is 7.25. The third kappa shape index (κ3) is 5.91. The van der Waals surface area contributed by atoms with E-state index in [1.54, 1.807) is 33.1 Å². The normalized spacial score (nSPS) is 11.0. The van der Waals surface area contributed by atoms with E-state index in [0.29, 0.717) is 36.3 Å². The molecule has 0 N–H and O–H groups in total. The van der Waals surface area contributed by atoms with Crippen LogP contribution in [0.5, 0.6) is 23.0 Å². The molecule has 1 aromatic heterocycles. The van der Waals surface area contributed by atoms with Crippen LogP contribution in [0.25, 0.3) is 17.1 Å². The van der Waals surface area contributed by atoms with E-state index in [1.807, 2.05) is 61.7 Å². The van der Waals surface area contributed by atoms with E-state index in [2.05, 4.69) is 10.2 Å². The Morgan fingerprint density at radius 1 is 0.939 bits per heavy atom. The molecular weight excluding hydrogens is 442 g/mol. The zero-order valence-corrected chi connectivity index (χ0v) is 20.8. The van der Waals surface area contributed by atoms with Crippen molar-refractivity contribution in [2.24, 2.45) is 0 Å². The fourth-order valence-corrected chi connectivity index (χ4v) is 4.05. The third-order valence-corrected chi connectivity index (χ3v) is 5.62. The molecule has 1 heterocycles. The smallest absolute Gasteiger partial charge is 0.203 e. The van der Waals surface area contributed by atoms with E-state index in [4.69, 9.17) is 23.7 Å². The average Bonchev–Trinajstić information content (AvgIpc) is 3.25. The molecule has 33 heavy (non-hydrogen) atoms. The molecule has 0 aliphatic carbocycles. The van der Waals surface area contributed by atoms with Crippen molar-refractivity contribution in [1.82, 2.24) is 14.8 Å². The highest BCUT2D eigenvalue weighted by Gasteiger charge is 2.21. The van der Waals surface area contributed by atoms with Gasteiger partial charge in [0.1, 0.15) is 5.75 Å². The molecule has 0 saturated carbocycles. The number of rotatable bonds is 12. The zero-order chi connectivity index (χ0) is 23.8. The van der Waals surface area contributed by atoms with Crippen molar-refractivity contribution in [3.8, 4) is 40.1 Å². The van der Waals surface area contributed by atoms with E-state index in [9.17, 15) is 0 Å². The number of hydrogen-bond donors (Lipinski definition) is 0. The maximum atomic E-state index is 5.69. The molecule has 0 amide bonds. The lowest BCUT2D eigenvalue weighted by molar-refractivity contribution is 0.0920.